The zero-order chi connectivity index (χ0) is 13.8. The van der Waals surface area contributed by atoms with Crippen LogP contribution in [0.4, 0.5) is 4.39 Å². The molecule has 3 heteroatoms. The molecule has 1 saturated heterocycles. The Bertz CT molecular complexity index is 408. The number of likely N-dealkylation sites (tertiary alicyclic amines) is 1. The van der Waals surface area contributed by atoms with Gasteiger partial charge >= 0.3 is 0 Å². The van der Waals surface area contributed by atoms with Crippen LogP contribution in [0.1, 0.15) is 32.1 Å². The molecule has 0 radical (unpaired) electrons. The SMILES string of the molecule is Fc1ccc(OCC2CCN(CCC3CC3)CC2)cc1. The molecule has 0 spiro atoms. The summed E-state index contributed by atoms with van der Waals surface area (Å²) in [5.41, 5.74) is 0. The molecule has 0 bridgehead atoms. The van der Waals surface area contributed by atoms with E-state index < -0.39 is 0 Å². The number of halogens is 1. The van der Waals surface area contributed by atoms with Gasteiger partial charge in [0, 0.05) is 0 Å². The van der Waals surface area contributed by atoms with Crippen molar-refractivity contribution in [2.24, 2.45) is 11.8 Å². The van der Waals surface area contributed by atoms with Crippen molar-refractivity contribution in [3.63, 3.8) is 0 Å². The molecule has 1 heterocycles. The number of ether oxygens (including phenoxy) is 1. The molecule has 1 saturated carbocycles. The van der Waals surface area contributed by atoms with Gasteiger partial charge in [0.15, 0.2) is 0 Å². The largest absolute Gasteiger partial charge is 0.493 e. The molecular formula is C17H24FNO. The average Bonchev–Trinajstić information content (AvgIpc) is 3.30. The Balaban J connectivity index is 1.34. The molecule has 1 aromatic carbocycles. The Morgan fingerprint density at radius 2 is 1.70 bits per heavy atom. The first-order valence-corrected chi connectivity index (χ1v) is 7.90. The zero-order valence-corrected chi connectivity index (χ0v) is 12.1. The molecular weight excluding hydrogens is 253 g/mol. The van der Waals surface area contributed by atoms with Gasteiger partial charge in [-0.15, -0.1) is 0 Å². The van der Waals surface area contributed by atoms with E-state index in [0.29, 0.717) is 5.92 Å². The summed E-state index contributed by atoms with van der Waals surface area (Å²) >= 11 is 0. The van der Waals surface area contributed by atoms with Gasteiger partial charge in [0.05, 0.1) is 6.61 Å². The lowest BCUT2D eigenvalue weighted by Gasteiger charge is -2.31. The van der Waals surface area contributed by atoms with Crippen LogP contribution in [0.2, 0.25) is 0 Å². The third kappa shape index (κ3) is 4.20. The van der Waals surface area contributed by atoms with E-state index in [9.17, 15) is 4.39 Å². The van der Waals surface area contributed by atoms with Gasteiger partial charge in [-0.3, -0.25) is 0 Å². The van der Waals surface area contributed by atoms with Crippen LogP contribution in [0.3, 0.4) is 0 Å². The molecule has 1 aliphatic heterocycles. The summed E-state index contributed by atoms with van der Waals surface area (Å²) in [4.78, 5) is 2.60. The normalized spacial score (nSPS) is 21.1. The van der Waals surface area contributed by atoms with Gasteiger partial charge < -0.3 is 9.64 Å². The van der Waals surface area contributed by atoms with Crippen LogP contribution in [-0.2, 0) is 0 Å². The van der Waals surface area contributed by atoms with Crippen LogP contribution in [0.5, 0.6) is 5.75 Å². The molecule has 0 amide bonds. The van der Waals surface area contributed by atoms with E-state index in [4.69, 9.17) is 4.74 Å². The third-order valence-corrected chi connectivity index (χ3v) is 4.56. The van der Waals surface area contributed by atoms with Crippen molar-refractivity contribution in [3.05, 3.63) is 30.1 Å². The first-order valence-electron chi connectivity index (χ1n) is 7.90. The summed E-state index contributed by atoms with van der Waals surface area (Å²) in [7, 11) is 0. The predicted octanol–water partition coefficient (Wildman–Crippen LogP) is 3.72. The summed E-state index contributed by atoms with van der Waals surface area (Å²) in [6.07, 6.45) is 6.78. The second-order valence-corrected chi connectivity index (χ2v) is 6.28. The number of hydrogen-bond donors (Lipinski definition) is 0. The van der Waals surface area contributed by atoms with E-state index in [1.807, 2.05) is 0 Å². The highest BCUT2D eigenvalue weighted by atomic mass is 19.1. The Morgan fingerprint density at radius 3 is 2.35 bits per heavy atom. The van der Waals surface area contributed by atoms with Crippen LogP contribution in [0.15, 0.2) is 24.3 Å². The fourth-order valence-corrected chi connectivity index (χ4v) is 2.89. The fraction of sp³-hybridized carbons (Fsp3) is 0.647. The van der Waals surface area contributed by atoms with Gasteiger partial charge in [-0.25, -0.2) is 4.39 Å². The van der Waals surface area contributed by atoms with Crippen molar-refractivity contribution < 1.29 is 9.13 Å². The van der Waals surface area contributed by atoms with Gasteiger partial charge in [-0.05, 0) is 75.0 Å². The Labute approximate surface area is 120 Å². The predicted molar refractivity (Wildman–Crippen MR) is 78.4 cm³/mol. The van der Waals surface area contributed by atoms with E-state index in [0.717, 1.165) is 18.3 Å². The summed E-state index contributed by atoms with van der Waals surface area (Å²) in [6, 6.07) is 6.33. The van der Waals surface area contributed by atoms with Crippen LogP contribution >= 0.6 is 0 Å². The van der Waals surface area contributed by atoms with Crippen molar-refractivity contribution in [1.82, 2.24) is 4.90 Å². The summed E-state index contributed by atoms with van der Waals surface area (Å²) in [6.45, 7) is 4.48. The Hall–Kier alpha value is -1.09. The molecule has 110 valence electrons. The molecule has 20 heavy (non-hydrogen) atoms. The number of rotatable bonds is 6. The van der Waals surface area contributed by atoms with Crippen molar-refractivity contribution in [3.8, 4) is 5.75 Å². The van der Waals surface area contributed by atoms with E-state index in [1.165, 1.54) is 63.9 Å². The quantitative estimate of drug-likeness (QED) is 0.786. The first-order chi connectivity index (χ1) is 9.79. The molecule has 0 atom stereocenters. The van der Waals surface area contributed by atoms with Gasteiger partial charge in [-0.2, -0.15) is 0 Å². The molecule has 1 aliphatic carbocycles. The van der Waals surface area contributed by atoms with Gasteiger partial charge in [0.2, 0.25) is 0 Å². The number of benzene rings is 1. The number of nitrogens with zero attached hydrogens (tertiary/aromatic N) is 1. The topological polar surface area (TPSA) is 12.5 Å². The molecule has 0 aromatic heterocycles. The third-order valence-electron chi connectivity index (χ3n) is 4.56. The van der Waals surface area contributed by atoms with E-state index >= 15 is 0 Å². The maximum absolute atomic E-state index is 12.8. The van der Waals surface area contributed by atoms with Crippen molar-refractivity contribution in [1.29, 1.82) is 0 Å². The van der Waals surface area contributed by atoms with E-state index in [2.05, 4.69) is 4.90 Å². The van der Waals surface area contributed by atoms with Crippen molar-refractivity contribution in [2.75, 3.05) is 26.2 Å². The van der Waals surface area contributed by atoms with Crippen LogP contribution in [-0.4, -0.2) is 31.1 Å². The summed E-state index contributed by atoms with van der Waals surface area (Å²) in [5, 5.41) is 0. The molecule has 1 aromatic rings. The minimum Gasteiger partial charge on any atom is -0.493 e. The Kier molecular flexibility index (Phi) is 4.56. The minimum absolute atomic E-state index is 0.207. The fourth-order valence-electron chi connectivity index (χ4n) is 2.89. The molecule has 0 N–H and O–H groups in total. The highest BCUT2D eigenvalue weighted by Gasteiger charge is 2.24. The standard InChI is InChI=1S/C17H24FNO/c18-16-3-5-17(6-4-16)20-13-15-8-11-19(12-9-15)10-7-14-1-2-14/h3-6,14-15H,1-2,7-13H2. The minimum atomic E-state index is -0.207. The lowest BCUT2D eigenvalue weighted by molar-refractivity contribution is 0.139. The number of hydrogen-bond acceptors (Lipinski definition) is 2. The average molecular weight is 277 g/mol. The highest BCUT2D eigenvalue weighted by Crippen LogP contribution is 2.32. The van der Waals surface area contributed by atoms with Crippen LogP contribution in [0.25, 0.3) is 0 Å². The zero-order valence-electron chi connectivity index (χ0n) is 12.1. The highest BCUT2D eigenvalue weighted by molar-refractivity contribution is 5.22. The molecule has 2 fully saturated rings. The molecule has 3 rings (SSSR count). The molecule has 0 unspecified atom stereocenters. The van der Waals surface area contributed by atoms with Crippen molar-refractivity contribution >= 4 is 0 Å². The lowest BCUT2D eigenvalue weighted by atomic mass is 9.97. The second kappa shape index (κ2) is 6.57. The van der Waals surface area contributed by atoms with E-state index in [-0.39, 0.29) is 5.82 Å². The molecule has 2 aliphatic rings. The van der Waals surface area contributed by atoms with Crippen LogP contribution in [0, 0.1) is 17.7 Å². The second-order valence-electron chi connectivity index (χ2n) is 6.28. The maximum atomic E-state index is 12.8. The first kappa shape index (κ1) is 13.9. The maximum Gasteiger partial charge on any atom is 0.123 e. The molecule has 2 nitrogen and oxygen atoms in total. The van der Waals surface area contributed by atoms with Gasteiger partial charge in [0.25, 0.3) is 0 Å². The van der Waals surface area contributed by atoms with Crippen LogP contribution < -0.4 is 4.74 Å². The Morgan fingerprint density at radius 1 is 1.00 bits per heavy atom. The van der Waals surface area contributed by atoms with Gasteiger partial charge in [0.1, 0.15) is 11.6 Å². The monoisotopic (exact) mass is 277 g/mol. The van der Waals surface area contributed by atoms with Crippen molar-refractivity contribution in [2.45, 2.75) is 32.1 Å². The summed E-state index contributed by atoms with van der Waals surface area (Å²) in [5.74, 6) is 2.26. The number of piperidine rings is 1. The lowest BCUT2D eigenvalue weighted by Crippen LogP contribution is -2.36. The van der Waals surface area contributed by atoms with E-state index in [1.54, 1.807) is 12.1 Å². The smallest absolute Gasteiger partial charge is 0.123 e. The summed E-state index contributed by atoms with van der Waals surface area (Å²) < 4.78 is 18.6. The van der Waals surface area contributed by atoms with Gasteiger partial charge in [-0.1, -0.05) is 12.8 Å².